The second-order valence-corrected chi connectivity index (χ2v) is 16.3. The second kappa shape index (κ2) is 42.4. The molecular formula is C47H83O8P. The van der Waals surface area contributed by atoms with E-state index in [1.54, 1.807) is 0 Å². The highest BCUT2D eigenvalue weighted by Crippen LogP contribution is 2.36. The van der Waals surface area contributed by atoms with Gasteiger partial charge in [0, 0.05) is 12.8 Å². The molecule has 0 aliphatic rings. The molecule has 0 rings (SSSR count). The molecular weight excluding hydrogens is 723 g/mol. The first-order valence-corrected chi connectivity index (χ1v) is 24.1. The fourth-order valence-electron chi connectivity index (χ4n) is 6.13. The summed E-state index contributed by atoms with van der Waals surface area (Å²) in [5, 5.41) is 0. The Hall–Kier alpha value is -2.25. The monoisotopic (exact) mass is 807 g/mol. The van der Waals surface area contributed by atoms with E-state index in [1.165, 1.54) is 128 Å². The molecule has 0 aromatic carbocycles. The molecule has 0 aromatic rings. The molecule has 0 unspecified atom stereocenters. The van der Waals surface area contributed by atoms with Crippen LogP contribution in [0.5, 0.6) is 0 Å². The Morgan fingerprint density at radius 3 is 1.30 bits per heavy atom. The van der Waals surface area contributed by atoms with E-state index in [2.05, 4.69) is 73.1 Å². The van der Waals surface area contributed by atoms with Crippen molar-refractivity contribution in [1.29, 1.82) is 0 Å². The van der Waals surface area contributed by atoms with Gasteiger partial charge in [0.1, 0.15) is 6.61 Å². The lowest BCUT2D eigenvalue weighted by Gasteiger charge is -2.18. The summed E-state index contributed by atoms with van der Waals surface area (Å²) in [6.07, 6.45) is 53.8. The van der Waals surface area contributed by atoms with Crippen LogP contribution in [0.15, 0.2) is 60.8 Å². The van der Waals surface area contributed by atoms with Gasteiger partial charge in [-0.3, -0.25) is 14.1 Å². The molecule has 56 heavy (non-hydrogen) atoms. The number of unbranched alkanes of at least 4 members (excludes halogenated alkanes) is 21. The van der Waals surface area contributed by atoms with Crippen LogP contribution >= 0.6 is 7.82 Å². The molecule has 0 heterocycles. The predicted molar refractivity (Wildman–Crippen MR) is 234 cm³/mol. The highest BCUT2D eigenvalue weighted by atomic mass is 31.2. The molecule has 0 aliphatic carbocycles. The van der Waals surface area contributed by atoms with Crippen LogP contribution in [0.2, 0.25) is 0 Å². The number of hydrogen-bond donors (Lipinski definition) is 2. The number of phosphoric ester groups is 1. The van der Waals surface area contributed by atoms with Crippen molar-refractivity contribution in [2.75, 3.05) is 13.2 Å². The molecule has 0 fully saturated rings. The van der Waals surface area contributed by atoms with Gasteiger partial charge in [0.05, 0.1) is 6.61 Å². The Morgan fingerprint density at radius 2 is 0.821 bits per heavy atom. The largest absolute Gasteiger partial charge is 0.469 e. The molecule has 0 saturated carbocycles. The van der Waals surface area contributed by atoms with E-state index >= 15 is 0 Å². The minimum atomic E-state index is -4.77. The maximum atomic E-state index is 12.4. The number of esters is 2. The Bertz CT molecular complexity index is 1090. The van der Waals surface area contributed by atoms with Crippen molar-refractivity contribution in [2.45, 2.75) is 213 Å². The van der Waals surface area contributed by atoms with Crippen molar-refractivity contribution in [3.63, 3.8) is 0 Å². The van der Waals surface area contributed by atoms with Gasteiger partial charge in [-0.25, -0.2) is 4.57 Å². The molecule has 0 amide bonds. The summed E-state index contributed by atoms with van der Waals surface area (Å²) in [4.78, 5) is 42.9. The van der Waals surface area contributed by atoms with E-state index in [1.807, 2.05) is 6.08 Å². The number of carbonyl (C=O) groups is 2. The van der Waals surface area contributed by atoms with Gasteiger partial charge in [0.25, 0.3) is 0 Å². The van der Waals surface area contributed by atoms with Gasteiger partial charge in [-0.2, -0.15) is 0 Å². The molecule has 0 radical (unpaired) electrons. The molecule has 324 valence electrons. The maximum absolute atomic E-state index is 12.4. The maximum Gasteiger partial charge on any atom is 0.469 e. The van der Waals surface area contributed by atoms with Gasteiger partial charge in [-0.05, 0) is 77.0 Å². The summed E-state index contributed by atoms with van der Waals surface area (Å²) in [5.74, 6) is -0.950. The lowest BCUT2D eigenvalue weighted by atomic mass is 10.0. The van der Waals surface area contributed by atoms with E-state index in [9.17, 15) is 14.2 Å². The molecule has 0 saturated heterocycles. The van der Waals surface area contributed by atoms with Crippen LogP contribution in [0.3, 0.4) is 0 Å². The lowest BCUT2D eigenvalue weighted by molar-refractivity contribution is -0.161. The summed E-state index contributed by atoms with van der Waals surface area (Å²) >= 11 is 0. The van der Waals surface area contributed by atoms with Crippen molar-refractivity contribution in [1.82, 2.24) is 0 Å². The first-order chi connectivity index (χ1) is 27.3. The van der Waals surface area contributed by atoms with Gasteiger partial charge in [0.2, 0.25) is 0 Å². The highest BCUT2D eigenvalue weighted by Gasteiger charge is 2.22. The van der Waals surface area contributed by atoms with E-state index in [4.69, 9.17) is 19.3 Å². The first kappa shape index (κ1) is 53.8. The molecule has 0 aliphatic heterocycles. The van der Waals surface area contributed by atoms with Crippen LogP contribution in [0, 0.1) is 0 Å². The summed E-state index contributed by atoms with van der Waals surface area (Å²) in [7, 11) is -4.77. The van der Waals surface area contributed by atoms with Crippen molar-refractivity contribution < 1.29 is 37.9 Å². The molecule has 0 spiro atoms. The summed E-state index contributed by atoms with van der Waals surface area (Å²) in [5.41, 5.74) is 0. The third kappa shape index (κ3) is 44.5. The molecule has 2 N–H and O–H groups in total. The molecule has 8 nitrogen and oxygen atoms in total. The summed E-state index contributed by atoms with van der Waals surface area (Å²) in [6, 6.07) is 0. The van der Waals surface area contributed by atoms with Crippen molar-refractivity contribution >= 4 is 19.8 Å². The topological polar surface area (TPSA) is 119 Å². The number of ether oxygens (including phenoxy) is 2. The van der Waals surface area contributed by atoms with Crippen LogP contribution in [-0.4, -0.2) is 41.0 Å². The SMILES string of the molecule is CCCCC/C=C/C/C=C/C/C=C/C/C=C/CCCC(=O)O[C@H](COC(=O)CCCCCCCCCCCCC/C=C/CCCCCCCC)COP(=O)(O)O. The molecule has 1 atom stereocenters. The predicted octanol–water partition coefficient (Wildman–Crippen LogP) is 14.1. The van der Waals surface area contributed by atoms with Gasteiger partial charge < -0.3 is 19.3 Å². The molecule has 0 aromatic heterocycles. The average molecular weight is 807 g/mol. The standard InChI is InChI=1S/C47H83O8P/c1-3-5-7-9-11-13-15-17-19-21-22-23-24-26-27-29-31-33-35-37-39-41-46(48)53-43-45(44-54-56(50,51)52)55-47(49)42-40-38-36-34-32-30-28-25-20-18-16-14-12-10-8-6-4-2/h12,14,17-20,28,30,34,36,45H,3-11,13,15-16,21-27,29,31-33,35,37-44H2,1-2H3,(H2,50,51,52)/b14-12+,19-17+,20-18+,30-28+,36-34+/t45-/m1/s1. The smallest absolute Gasteiger partial charge is 0.462 e. The molecule has 9 heteroatoms. The number of carbonyl (C=O) groups excluding carboxylic acids is 2. The minimum absolute atomic E-state index is 0.135. The fourth-order valence-corrected chi connectivity index (χ4v) is 6.49. The number of hydrogen-bond acceptors (Lipinski definition) is 6. The van der Waals surface area contributed by atoms with Crippen LogP contribution in [0.25, 0.3) is 0 Å². The van der Waals surface area contributed by atoms with Crippen molar-refractivity contribution in [3.05, 3.63) is 60.8 Å². The minimum Gasteiger partial charge on any atom is -0.462 e. The summed E-state index contributed by atoms with van der Waals surface area (Å²) in [6.45, 7) is 3.62. The van der Waals surface area contributed by atoms with Crippen molar-refractivity contribution in [2.24, 2.45) is 0 Å². The van der Waals surface area contributed by atoms with Crippen molar-refractivity contribution in [3.8, 4) is 0 Å². The highest BCUT2D eigenvalue weighted by molar-refractivity contribution is 7.46. The number of phosphoric acid groups is 1. The lowest BCUT2D eigenvalue weighted by Crippen LogP contribution is -2.29. The van der Waals surface area contributed by atoms with Gasteiger partial charge in [-0.1, -0.05) is 177 Å². The first-order valence-electron chi connectivity index (χ1n) is 22.6. The van der Waals surface area contributed by atoms with E-state index < -0.39 is 32.5 Å². The third-order valence-corrected chi connectivity index (χ3v) is 9.99. The van der Waals surface area contributed by atoms with Gasteiger partial charge in [-0.15, -0.1) is 0 Å². The van der Waals surface area contributed by atoms with Crippen LogP contribution < -0.4 is 0 Å². The van der Waals surface area contributed by atoms with E-state index in [-0.39, 0.29) is 19.4 Å². The third-order valence-electron chi connectivity index (χ3n) is 9.51. The fraction of sp³-hybridized carbons (Fsp3) is 0.745. The normalized spacial score (nSPS) is 13.0. The quantitative estimate of drug-likeness (QED) is 0.0271. The average Bonchev–Trinajstić information content (AvgIpc) is 3.17. The number of allylic oxidation sites excluding steroid dienone is 10. The van der Waals surface area contributed by atoms with Gasteiger partial charge in [0.15, 0.2) is 6.10 Å². The Kier molecular flexibility index (Phi) is 40.7. The Labute approximate surface area is 343 Å². The Balaban J connectivity index is 3.95. The van der Waals surface area contributed by atoms with Gasteiger partial charge >= 0.3 is 19.8 Å². The zero-order valence-corrected chi connectivity index (χ0v) is 36.7. The van der Waals surface area contributed by atoms with Crippen LogP contribution in [0.4, 0.5) is 0 Å². The zero-order chi connectivity index (χ0) is 41.1. The van der Waals surface area contributed by atoms with Crippen LogP contribution in [-0.2, 0) is 28.2 Å². The summed E-state index contributed by atoms with van der Waals surface area (Å²) < 4.78 is 26.4. The van der Waals surface area contributed by atoms with Crippen LogP contribution in [0.1, 0.15) is 206 Å². The zero-order valence-electron chi connectivity index (χ0n) is 35.8. The number of rotatable bonds is 41. The second-order valence-electron chi connectivity index (χ2n) is 15.0. The Morgan fingerprint density at radius 1 is 0.464 bits per heavy atom. The van der Waals surface area contributed by atoms with E-state index in [0.717, 1.165) is 32.1 Å². The van der Waals surface area contributed by atoms with E-state index in [0.29, 0.717) is 19.3 Å². The molecule has 0 bridgehead atoms.